The normalized spacial score (nSPS) is 11.7. The number of benzene rings is 2. The maximum Gasteiger partial charge on any atom is 0.242 e. The molecule has 2 rings (SSSR count). The summed E-state index contributed by atoms with van der Waals surface area (Å²) >= 11 is 6.26. The van der Waals surface area contributed by atoms with Crippen molar-refractivity contribution in [2.24, 2.45) is 0 Å². The predicted molar refractivity (Wildman–Crippen MR) is 109 cm³/mol. The summed E-state index contributed by atoms with van der Waals surface area (Å²) in [6, 6.07) is 12.4. The Labute approximate surface area is 170 Å². The van der Waals surface area contributed by atoms with Crippen LogP contribution in [0, 0.1) is 5.82 Å². The Morgan fingerprint density at radius 3 is 2.46 bits per heavy atom. The highest BCUT2D eigenvalue weighted by atomic mass is 35.5. The lowest BCUT2D eigenvalue weighted by atomic mass is 10.1. The Bertz CT molecular complexity index is 795. The van der Waals surface area contributed by atoms with Crippen molar-refractivity contribution in [3.05, 3.63) is 70.5 Å². The fraction of sp³-hybridized carbons (Fsp3) is 0.364. The van der Waals surface area contributed by atoms with Crippen LogP contribution in [0.25, 0.3) is 0 Å². The lowest BCUT2D eigenvalue weighted by Crippen LogP contribution is -2.48. The lowest BCUT2D eigenvalue weighted by molar-refractivity contribution is -0.140. The molecule has 0 aliphatic rings. The van der Waals surface area contributed by atoms with Gasteiger partial charge in [-0.15, -0.1) is 0 Å². The number of carbonyl (C=O) groups is 2. The molecule has 1 N–H and O–H groups in total. The predicted octanol–water partition coefficient (Wildman–Crippen LogP) is 4.36. The Morgan fingerprint density at radius 2 is 1.82 bits per heavy atom. The van der Waals surface area contributed by atoms with E-state index in [-0.39, 0.29) is 30.6 Å². The minimum Gasteiger partial charge on any atom is -0.354 e. The van der Waals surface area contributed by atoms with Crippen molar-refractivity contribution in [1.82, 2.24) is 10.2 Å². The number of nitrogens with one attached hydrogen (secondary N) is 1. The van der Waals surface area contributed by atoms with Crippen molar-refractivity contribution < 1.29 is 14.0 Å². The van der Waals surface area contributed by atoms with Gasteiger partial charge in [-0.05, 0) is 42.7 Å². The third-order valence-electron chi connectivity index (χ3n) is 4.56. The van der Waals surface area contributed by atoms with E-state index >= 15 is 0 Å². The first-order valence-electron chi connectivity index (χ1n) is 9.47. The monoisotopic (exact) mass is 404 g/mol. The van der Waals surface area contributed by atoms with E-state index in [4.69, 9.17) is 11.6 Å². The SMILES string of the molecule is CCCCNC(=O)[C@@H](C)N(Cc1ccccc1Cl)C(=O)Cc1ccc(F)cc1. The van der Waals surface area contributed by atoms with E-state index in [1.54, 1.807) is 25.1 Å². The van der Waals surface area contributed by atoms with Gasteiger partial charge in [0.1, 0.15) is 11.9 Å². The van der Waals surface area contributed by atoms with Crippen molar-refractivity contribution in [2.75, 3.05) is 6.54 Å². The van der Waals surface area contributed by atoms with Crippen LogP contribution in [-0.4, -0.2) is 29.3 Å². The molecule has 0 radical (unpaired) electrons. The summed E-state index contributed by atoms with van der Waals surface area (Å²) in [6.45, 7) is 4.56. The van der Waals surface area contributed by atoms with Crippen LogP contribution < -0.4 is 5.32 Å². The van der Waals surface area contributed by atoms with Crippen LogP contribution >= 0.6 is 11.6 Å². The van der Waals surface area contributed by atoms with Crippen molar-refractivity contribution in [3.8, 4) is 0 Å². The van der Waals surface area contributed by atoms with Crippen molar-refractivity contribution in [2.45, 2.75) is 45.7 Å². The number of hydrogen-bond donors (Lipinski definition) is 1. The third kappa shape index (κ3) is 6.34. The number of amides is 2. The quantitative estimate of drug-likeness (QED) is 0.631. The van der Waals surface area contributed by atoms with Crippen LogP contribution in [0.15, 0.2) is 48.5 Å². The van der Waals surface area contributed by atoms with E-state index in [0.717, 1.165) is 18.4 Å². The zero-order chi connectivity index (χ0) is 20.5. The Morgan fingerprint density at radius 1 is 1.14 bits per heavy atom. The summed E-state index contributed by atoms with van der Waals surface area (Å²) in [7, 11) is 0. The number of nitrogens with zero attached hydrogens (tertiary/aromatic N) is 1. The number of rotatable bonds is 9. The highest BCUT2D eigenvalue weighted by Gasteiger charge is 2.26. The highest BCUT2D eigenvalue weighted by molar-refractivity contribution is 6.31. The van der Waals surface area contributed by atoms with Gasteiger partial charge in [-0.1, -0.05) is 55.3 Å². The van der Waals surface area contributed by atoms with E-state index in [9.17, 15) is 14.0 Å². The molecule has 0 aromatic heterocycles. The second-order valence-corrected chi connectivity index (χ2v) is 7.14. The topological polar surface area (TPSA) is 49.4 Å². The molecule has 6 heteroatoms. The molecule has 0 unspecified atom stereocenters. The first kappa shape index (κ1) is 21.9. The molecular weight excluding hydrogens is 379 g/mol. The molecule has 0 fully saturated rings. The molecule has 0 saturated heterocycles. The summed E-state index contributed by atoms with van der Waals surface area (Å²) in [4.78, 5) is 27.1. The van der Waals surface area contributed by atoms with Crippen LogP contribution in [0.4, 0.5) is 4.39 Å². The molecule has 2 amide bonds. The molecule has 150 valence electrons. The zero-order valence-corrected chi connectivity index (χ0v) is 17.0. The fourth-order valence-electron chi connectivity index (χ4n) is 2.81. The van der Waals surface area contributed by atoms with Gasteiger partial charge in [0.2, 0.25) is 11.8 Å². The van der Waals surface area contributed by atoms with Gasteiger partial charge in [0.25, 0.3) is 0 Å². The van der Waals surface area contributed by atoms with Gasteiger partial charge < -0.3 is 10.2 Å². The first-order valence-corrected chi connectivity index (χ1v) is 9.85. The van der Waals surface area contributed by atoms with Crippen LogP contribution in [0.2, 0.25) is 5.02 Å². The molecule has 1 atom stereocenters. The first-order chi connectivity index (χ1) is 13.4. The number of carbonyl (C=O) groups excluding carboxylic acids is 2. The minimum absolute atomic E-state index is 0.0807. The van der Waals surface area contributed by atoms with Gasteiger partial charge >= 0.3 is 0 Å². The van der Waals surface area contributed by atoms with Crippen LogP contribution in [-0.2, 0) is 22.6 Å². The van der Waals surface area contributed by atoms with Crippen LogP contribution in [0.5, 0.6) is 0 Å². The molecule has 0 aliphatic carbocycles. The molecule has 2 aromatic rings. The van der Waals surface area contributed by atoms with E-state index < -0.39 is 6.04 Å². The molecular formula is C22H26ClFN2O2. The van der Waals surface area contributed by atoms with Gasteiger partial charge in [-0.2, -0.15) is 0 Å². The number of unbranched alkanes of at least 4 members (excludes halogenated alkanes) is 1. The summed E-state index contributed by atoms with van der Waals surface area (Å²) in [6.07, 6.45) is 1.94. The average molecular weight is 405 g/mol. The van der Waals surface area contributed by atoms with Gasteiger partial charge in [0, 0.05) is 18.1 Å². The standard InChI is InChI=1S/C22H26ClFN2O2/c1-3-4-13-25-22(28)16(2)26(15-18-7-5-6-8-20(18)23)21(27)14-17-9-11-19(24)12-10-17/h5-12,16H,3-4,13-15H2,1-2H3,(H,25,28)/t16-/m1/s1. The summed E-state index contributed by atoms with van der Waals surface area (Å²) in [5.74, 6) is -0.773. The highest BCUT2D eigenvalue weighted by Crippen LogP contribution is 2.19. The van der Waals surface area contributed by atoms with Crippen molar-refractivity contribution in [1.29, 1.82) is 0 Å². The Kier molecular flexibility index (Phi) is 8.45. The van der Waals surface area contributed by atoms with Crippen LogP contribution in [0.3, 0.4) is 0 Å². The van der Waals surface area contributed by atoms with E-state index in [2.05, 4.69) is 5.32 Å². The minimum atomic E-state index is -0.652. The van der Waals surface area contributed by atoms with Crippen molar-refractivity contribution in [3.63, 3.8) is 0 Å². The Hall–Kier alpha value is -2.40. The second-order valence-electron chi connectivity index (χ2n) is 6.74. The van der Waals surface area contributed by atoms with Crippen LogP contribution in [0.1, 0.15) is 37.8 Å². The van der Waals surface area contributed by atoms with Gasteiger partial charge in [-0.3, -0.25) is 9.59 Å². The molecule has 4 nitrogen and oxygen atoms in total. The second kappa shape index (κ2) is 10.8. The molecule has 0 heterocycles. The lowest BCUT2D eigenvalue weighted by Gasteiger charge is -2.29. The summed E-state index contributed by atoms with van der Waals surface area (Å²) in [5.41, 5.74) is 1.46. The van der Waals surface area contributed by atoms with Gasteiger partial charge in [0.05, 0.1) is 6.42 Å². The van der Waals surface area contributed by atoms with E-state index in [1.807, 2.05) is 25.1 Å². The van der Waals surface area contributed by atoms with E-state index in [0.29, 0.717) is 17.1 Å². The average Bonchev–Trinajstić information content (AvgIpc) is 2.68. The fourth-order valence-corrected chi connectivity index (χ4v) is 3.00. The molecule has 2 aromatic carbocycles. The Balaban J connectivity index is 2.19. The molecule has 28 heavy (non-hydrogen) atoms. The van der Waals surface area contributed by atoms with Gasteiger partial charge in [0.15, 0.2) is 0 Å². The molecule has 0 aliphatic heterocycles. The van der Waals surface area contributed by atoms with Gasteiger partial charge in [-0.25, -0.2) is 4.39 Å². The molecule has 0 bridgehead atoms. The largest absolute Gasteiger partial charge is 0.354 e. The molecule has 0 spiro atoms. The third-order valence-corrected chi connectivity index (χ3v) is 4.93. The van der Waals surface area contributed by atoms with E-state index in [1.165, 1.54) is 17.0 Å². The maximum absolute atomic E-state index is 13.1. The van der Waals surface area contributed by atoms with Crippen molar-refractivity contribution >= 4 is 23.4 Å². The maximum atomic E-state index is 13.1. The zero-order valence-electron chi connectivity index (χ0n) is 16.3. The molecule has 0 saturated carbocycles. The summed E-state index contributed by atoms with van der Waals surface area (Å²) < 4.78 is 13.1. The summed E-state index contributed by atoms with van der Waals surface area (Å²) in [5, 5.41) is 3.42. The number of halogens is 2. The smallest absolute Gasteiger partial charge is 0.242 e. The number of hydrogen-bond acceptors (Lipinski definition) is 2.